The number of nitrogens with one attached hydrogen (secondary N) is 1. The molecule has 8 N–H and O–H groups in total. The Morgan fingerprint density at radius 2 is 1.02 bits per heavy atom. The van der Waals surface area contributed by atoms with E-state index < -0.39 is 74.2 Å². The number of ether oxygens (including phenoxy) is 2. The van der Waals surface area contributed by atoms with Crippen LogP contribution in [0, 0.1) is 0 Å². The molecule has 0 saturated carbocycles. The molecule has 59 heavy (non-hydrogen) atoms. The Labute approximate surface area is 359 Å². The fourth-order valence-electron chi connectivity index (χ4n) is 7.73. The third-order valence-electron chi connectivity index (χ3n) is 11.8. The van der Waals surface area contributed by atoms with Crippen molar-refractivity contribution >= 4 is 5.91 Å². The summed E-state index contributed by atoms with van der Waals surface area (Å²) in [5, 5.41) is 75.7. The molecule has 1 aliphatic rings. The van der Waals surface area contributed by atoms with Gasteiger partial charge in [0.15, 0.2) is 6.29 Å². The van der Waals surface area contributed by atoms with Crippen LogP contribution in [0.1, 0.15) is 206 Å². The molecular formula is C48H91NO10. The van der Waals surface area contributed by atoms with Gasteiger partial charge in [-0.25, -0.2) is 0 Å². The Kier molecular flexibility index (Phi) is 36.1. The number of hydrogen-bond acceptors (Lipinski definition) is 10. The minimum absolute atomic E-state index is 0.243. The summed E-state index contributed by atoms with van der Waals surface area (Å²) in [6.07, 6.45) is 30.7. The van der Waals surface area contributed by atoms with Gasteiger partial charge in [0.2, 0.25) is 5.91 Å². The van der Waals surface area contributed by atoms with Crippen LogP contribution in [0.25, 0.3) is 0 Å². The highest BCUT2D eigenvalue weighted by Gasteiger charge is 2.44. The third-order valence-corrected chi connectivity index (χ3v) is 11.8. The zero-order chi connectivity index (χ0) is 43.4. The molecule has 0 aromatic heterocycles. The highest BCUT2D eigenvalue weighted by atomic mass is 16.7. The summed E-state index contributed by atoms with van der Waals surface area (Å²) in [4.78, 5) is 13.1. The van der Waals surface area contributed by atoms with Crippen molar-refractivity contribution in [1.29, 1.82) is 0 Å². The van der Waals surface area contributed by atoms with Crippen molar-refractivity contribution in [2.75, 3.05) is 13.2 Å². The molecule has 11 nitrogen and oxygen atoms in total. The summed E-state index contributed by atoms with van der Waals surface area (Å²) in [7, 11) is 0. The molecule has 0 spiro atoms. The van der Waals surface area contributed by atoms with E-state index in [2.05, 4.69) is 43.5 Å². The van der Waals surface area contributed by atoms with Gasteiger partial charge >= 0.3 is 0 Å². The molecular weight excluding hydrogens is 751 g/mol. The fourth-order valence-corrected chi connectivity index (χ4v) is 7.73. The van der Waals surface area contributed by atoms with Gasteiger partial charge in [-0.2, -0.15) is 0 Å². The molecule has 9 atom stereocenters. The van der Waals surface area contributed by atoms with Gasteiger partial charge in [0.05, 0.1) is 25.4 Å². The minimum atomic E-state index is -1.66. The van der Waals surface area contributed by atoms with Crippen molar-refractivity contribution < 1.29 is 50.0 Å². The van der Waals surface area contributed by atoms with E-state index in [1.54, 1.807) is 0 Å². The number of carbonyl (C=O) groups is 1. The number of aliphatic hydroxyl groups excluding tert-OH is 7. The van der Waals surface area contributed by atoms with Gasteiger partial charge in [-0.1, -0.05) is 192 Å². The number of carbonyl (C=O) groups excluding carboxylic acids is 1. The zero-order valence-corrected chi connectivity index (χ0v) is 37.5. The van der Waals surface area contributed by atoms with E-state index in [-0.39, 0.29) is 6.42 Å². The van der Waals surface area contributed by atoms with Gasteiger partial charge in [0.25, 0.3) is 0 Å². The van der Waals surface area contributed by atoms with Gasteiger partial charge in [-0.3, -0.25) is 4.79 Å². The second-order valence-corrected chi connectivity index (χ2v) is 17.2. The molecule has 1 amide bonds. The Morgan fingerprint density at radius 1 is 0.593 bits per heavy atom. The average molecular weight is 842 g/mol. The number of amides is 1. The largest absolute Gasteiger partial charge is 0.394 e. The lowest BCUT2D eigenvalue weighted by Crippen LogP contribution is -2.60. The summed E-state index contributed by atoms with van der Waals surface area (Å²) in [5.74, 6) is -0.709. The third kappa shape index (κ3) is 28.0. The highest BCUT2D eigenvalue weighted by Crippen LogP contribution is 2.23. The van der Waals surface area contributed by atoms with Crippen molar-refractivity contribution in [2.45, 2.75) is 262 Å². The Balaban J connectivity index is 2.43. The molecule has 1 saturated heterocycles. The van der Waals surface area contributed by atoms with E-state index in [9.17, 15) is 40.5 Å². The van der Waals surface area contributed by atoms with Crippen LogP contribution in [0.2, 0.25) is 0 Å². The van der Waals surface area contributed by atoms with Crippen LogP contribution in [-0.2, 0) is 14.3 Å². The maximum Gasteiger partial charge on any atom is 0.249 e. The topological polar surface area (TPSA) is 189 Å². The first-order valence-electron chi connectivity index (χ1n) is 24.3. The van der Waals surface area contributed by atoms with E-state index in [1.807, 2.05) is 0 Å². The van der Waals surface area contributed by atoms with Crippen LogP contribution in [0.5, 0.6) is 0 Å². The summed E-state index contributed by atoms with van der Waals surface area (Å²) in [6, 6.07) is -1.17. The van der Waals surface area contributed by atoms with E-state index >= 15 is 0 Å². The first-order chi connectivity index (χ1) is 28.7. The molecule has 1 rings (SSSR count). The molecule has 0 aromatic carbocycles. The van der Waals surface area contributed by atoms with Gasteiger partial charge in [-0.15, -0.1) is 0 Å². The summed E-state index contributed by atoms with van der Waals surface area (Å²) >= 11 is 0. The van der Waals surface area contributed by atoms with Gasteiger partial charge in [0.1, 0.15) is 36.6 Å². The Bertz CT molecular complexity index is 1010. The predicted octanol–water partition coefficient (Wildman–Crippen LogP) is 8.23. The van der Waals surface area contributed by atoms with Crippen molar-refractivity contribution in [3.8, 4) is 0 Å². The second kappa shape index (κ2) is 38.3. The average Bonchev–Trinajstić information content (AvgIpc) is 3.23. The smallest absolute Gasteiger partial charge is 0.249 e. The Morgan fingerprint density at radius 3 is 1.51 bits per heavy atom. The first-order valence-corrected chi connectivity index (χ1v) is 24.3. The van der Waals surface area contributed by atoms with E-state index in [0.717, 1.165) is 57.8 Å². The van der Waals surface area contributed by atoms with Gasteiger partial charge < -0.3 is 50.5 Å². The van der Waals surface area contributed by atoms with Gasteiger partial charge in [0, 0.05) is 0 Å². The lowest BCUT2D eigenvalue weighted by atomic mass is 9.98. The molecule has 0 radical (unpaired) electrons. The summed E-state index contributed by atoms with van der Waals surface area (Å²) in [5.41, 5.74) is 0. The van der Waals surface area contributed by atoms with Crippen LogP contribution in [0.4, 0.5) is 0 Å². The lowest BCUT2D eigenvalue weighted by molar-refractivity contribution is -0.303. The van der Waals surface area contributed by atoms with Crippen LogP contribution in [0.15, 0.2) is 24.3 Å². The number of aliphatic hydroxyl groups is 7. The van der Waals surface area contributed by atoms with Crippen molar-refractivity contribution in [1.82, 2.24) is 5.32 Å². The van der Waals surface area contributed by atoms with Crippen LogP contribution in [0.3, 0.4) is 0 Å². The molecule has 0 aromatic rings. The molecule has 1 aliphatic heterocycles. The monoisotopic (exact) mass is 842 g/mol. The molecule has 348 valence electrons. The number of rotatable bonds is 40. The second-order valence-electron chi connectivity index (χ2n) is 17.2. The van der Waals surface area contributed by atoms with Crippen molar-refractivity contribution in [3.63, 3.8) is 0 Å². The van der Waals surface area contributed by atoms with E-state index in [4.69, 9.17) is 9.47 Å². The van der Waals surface area contributed by atoms with Crippen LogP contribution < -0.4 is 5.32 Å². The summed E-state index contributed by atoms with van der Waals surface area (Å²) in [6.45, 7) is 3.41. The maximum atomic E-state index is 13.1. The number of unbranched alkanes of at least 4 members (excludes halogenated alkanes) is 25. The Hall–Kier alpha value is -1.41. The molecule has 9 unspecified atom stereocenters. The normalized spacial score (nSPS) is 21.9. The number of hydrogen-bond donors (Lipinski definition) is 8. The van der Waals surface area contributed by atoms with E-state index in [1.165, 1.54) is 109 Å². The quantitative estimate of drug-likeness (QED) is 0.0221. The maximum absolute atomic E-state index is 13.1. The van der Waals surface area contributed by atoms with Crippen LogP contribution >= 0.6 is 0 Å². The first kappa shape index (κ1) is 55.6. The zero-order valence-electron chi connectivity index (χ0n) is 37.5. The molecule has 1 heterocycles. The van der Waals surface area contributed by atoms with Crippen molar-refractivity contribution in [2.24, 2.45) is 0 Å². The fraction of sp³-hybridized carbons (Fsp3) is 0.896. The SMILES string of the molecule is CCCCC/C=C\C=C/CCCCCCCC(O)C(=O)NC(COC1OC(CO)C(O)C(O)C1O)C(O)C(O)CCCCCCCCCCCCCCCCCCCC. The van der Waals surface area contributed by atoms with E-state index in [0.29, 0.717) is 19.3 Å². The number of allylic oxidation sites excluding steroid dienone is 4. The molecule has 11 heteroatoms. The van der Waals surface area contributed by atoms with Crippen molar-refractivity contribution in [3.05, 3.63) is 24.3 Å². The van der Waals surface area contributed by atoms with Gasteiger partial charge in [-0.05, 0) is 38.5 Å². The molecule has 0 bridgehead atoms. The minimum Gasteiger partial charge on any atom is -0.394 e. The standard InChI is InChI=1S/C48H91NO10/c1-3-5-7-9-11-13-15-17-19-20-21-22-24-25-27-29-31-33-35-40(51)43(53)39(38-58-48-46(56)45(55)44(54)42(37-50)59-48)49-47(57)41(52)36-34-32-30-28-26-23-18-16-14-12-10-8-6-4-2/h12,14,16,18,39-46,48,50-56H,3-11,13,15,17,19-38H2,1-2H3,(H,49,57)/b14-12-,18-16-. The lowest BCUT2D eigenvalue weighted by Gasteiger charge is -2.40. The summed E-state index contributed by atoms with van der Waals surface area (Å²) < 4.78 is 11.1. The molecule has 0 aliphatic carbocycles. The molecule has 1 fully saturated rings. The predicted molar refractivity (Wildman–Crippen MR) is 238 cm³/mol. The van der Waals surface area contributed by atoms with Crippen LogP contribution in [-0.4, -0.2) is 110 Å². The highest BCUT2D eigenvalue weighted by molar-refractivity contribution is 5.80.